The Bertz CT molecular complexity index is 454. The molecule has 1 heterocycles. The molecule has 1 saturated carbocycles. The van der Waals surface area contributed by atoms with Crippen molar-refractivity contribution in [3.63, 3.8) is 0 Å². The van der Waals surface area contributed by atoms with Crippen molar-refractivity contribution in [1.82, 2.24) is 10.2 Å². The Morgan fingerprint density at radius 2 is 1.95 bits per heavy atom. The fourth-order valence-electron chi connectivity index (χ4n) is 2.86. The average Bonchev–Trinajstić information content (AvgIpc) is 3.27. The van der Waals surface area contributed by atoms with Gasteiger partial charge in [0.1, 0.15) is 5.82 Å². The summed E-state index contributed by atoms with van der Waals surface area (Å²) >= 11 is 3.35. The van der Waals surface area contributed by atoms with E-state index in [0.717, 1.165) is 31.1 Å². The van der Waals surface area contributed by atoms with Crippen LogP contribution in [0.15, 0.2) is 22.7 Å². The molecule has 4 heteroatoms. The number of likely N-dealkylation sites (tertiary alicyclic amines) is 1. The van der Waals surface area contributed by atoms with Gasteiger partial charge in [-0.15, -0.1) is 0 Å². The first-order valence-electron chi connectivity index (χ1n) is 7.61. The topological polar surface area (TPSA) is 15.3 Å². The van der Waals surface area contributed by atoms with E-state index in [1.54, 1.807) is 6.07 Å². The molecular formula is C16H22BrFN2. The zero-order valence-corrected chi connectivity index (χ0v) is 13.3. The lowest BCUT2D eigenvalue weighted by atomic mass is 10.0. The molecule has 1 N–H and O–H groups in total. The van der Waals surface area contributed by atoms with Gasteiger partial charge in [0.05, 0.1) is 4.47 Å². The van der Waals surface area contributed by atoms with Crippen molar-refractivity contribution in [1.29, 1.82) is 0 Å². The molecular weight excluding hydrogens is 319 g/mol. The van der Waals surface area contributed by atoms with Crippen molar-refractivity contribution >= 4 is 15.9 Å². The summed E-state index contributed by atoms with van der Waals surface area (Å²) in [5.41, 5.74) is 1.05. The second kappa shape index (κ2) is 6.54. The monoisotopic (exact) mass is 340 g/mol. The summed E-state index contributed by atoms with van der Waals surface area (Å²) in [7, 11) is 0. The predicted molar refractivity (Wildman–Crippen MR) is 83.1 cm³/mol. The van der Waals surface area contributed by atoms with Gasteiger partial charge in [-0.2, -0.15) is 0 Å². The van der Waals surface area contributed by atoms with Crippen LogP contribution in [-0.4, -0.2) is 30.6 Å². The number of halogens is 2. The van der Waals surface area contributed by atoms with E-state index in [0.29, 0.717) is 10.5 Å². The highest BCUT2D eigenvalue weighted by molar-refractivity contribution is 9.10. The second-order valence-corrected chi connectivity index (χ2v) is 6.91. The quantitative estimate of drug-likeness (QED) is 0.881. The number of nitrogens with zero attached hydrogens (tertiary/aromatic N) is 1. The third kappa shape index (κ3) is 3.80. The fourth-order valence-corrected chi connectivity index (χ4v) is 3.25. The van der Waals surface area contributed by atoms with Crippen LogP contribution >= 0.6 is 15.9 Å². The Kier molecular flexibility index (Phi) is 4.74. The molecule has 2 aliphatic rings. The number of nitrogens with one attached hydrogen (secondary N) is 1. The number of hydrogen-bond acceptors (Lipinski definition) is 2. The molecule has 0 amide bonds. The van der Waals surface area contributed by atoms with Crippen LogP contribution in [0.4, 0.5) is 4.39 Å². The zero-order chi connectivity index (χ0) is 13.9. The minimum Gasteiger partial charge on any atom is -0.314 e. The molecule has 1 aromatic carbocycles. The highest BCUT2D eigenvalue weighted by atomic mass is 79.9. The first-order chi connectivity index (χ1) is 9.72. The second-order valence-electron chi connectivity index (χ2n) is 6.11. The first-order valence-corrected chi connectivity index (χ1v) is 8.40. The van der Waals surface area contributed by atoms with Crippen LogP contribution in [0.1, 0.15) is 31.2 Å². The molecule has 1 aliphatic heterocycles. The third-order valence-electron chi connectivity index (χ3n) is 4.41. The average molecular weight is 341 g/mol. The standard InChI is InChI=1S/C16H22BrFN2/c17-16-13(2-1-3-15(16)18)11-20-8-6-14(7-9-20)19-10-12-4-5-12/h1-3,12,14,19H,4-11H2. The molecule has 20 heavy (non-hydrogen) atoms. The zero-order valence-electron chi connectivity index (χ0n) is 11.7. The summed E-state index contributed by atoms with van der Waals surface area (Å²) in [5.74, 6) is 0.791. The largest absolute Gasteiger partial charge is 0.314 e. The molecule has 1 aliphatic carbocycles. The lowest BCUT2D eigenvalue weighted by Crippen LogP contribution is -2.42. The molecule has 1 aromatic rings. The molecule has 0 bridgehead atoms. The molecule has 0 radical (unpaired) electrons. The SMILES string of the molecule is Fc1cccc(CN2CCC(NCC3CC3)CC2)c1Br. The first kappa shape index (κ1) is 14.5. The summed E-state index contributed by atoms with van der Waals surface area (Å²) in [6.45, 7) is 4.25. The third-order valence-corrected chi connectivity index (χ3v) is 5.29. The van der Waals surface area contributed by atoms with Crippen molar-refractivity contribution in [2.75, 3.05) is 19.6 Å². The summed E-state index contributed by atoms with van der Waals surface area (Å²) < 4.78 is 14.1. The molecule has 0 spiro atoms. The van der Waals surface area contributed by atoms with Gasteiger partial charge in [-0.05, 0) is 78.8 Å². The Morgan fingerprint density at radius 1 is 1.20 bits per heavy atom. The molecule has 2 fully saturated rings. The van der Waals surface area contributed by atoms with Gasteiger partial charge in [-0.1, -0.05) is 12.1 Å². The van der Waals surface area contributed by atoms with Crippen LogP contribution < -0.4 is 5.32 Å². The number of piperidine rings is 1. The van der Waals surface area contributed by atoms with Gasteiger partial charge in [-0.3, -0.25) is 4.90 Å². The van der Waals surface area contributed by atoms with Gasteiger partial charge in [0, 0.05) is 12.6 Å². The van der Waals surface area contributed by atoms with Crippen LogP contribution in [0.3, 0.4) is 0 Å². The minimum absolute atomic E-state index is 0.163. The van der Waals surface area contributed by atoms with Crippen LogP contribution in [0.2, 0.25) is 0 Å². The molecule has 0 aromatic heterocycles. The maximum absolute atomic E-state index is 13.5. The Morgan fingerprint density at radius 3 is 2.65 bits per heavy atom. The lowest BCUT2D eigenvalue weighted by molar-refractivity contribution is 0.189. The number of benzene rings is 1. The van der Waals surface area contributed by atoms with Crippen LogP contribution in [0.25, 0.3) is 0 Å². The summed E-state index contributed by atoms with van der Waals surface area (Å²) in [5, 5.41) is 3.69. The molecule has 3 rings (SSSR count). The van der Waals surface area contributed by atoms with Gasteiger partial charge >= 0.3 is 0 Å². The number of hydrogen-bond donors (Lipinski definition) is 1. The molecule has 110 valence electrons. The van der Waals surface area contributed by atoms with Gasteiger partial charge in [0.25, 0.3) is 0 Å². The van der Waals surface area contributed by atoms with E-state index in [-0.39, 0.29) is 5.82 Å². The van der Waals surface area contributed by atoms with E-state index in [1.807, 2.05) is 6.07 Å². The summed E-state index contributed by atoms with van der Waals surface area (Å²) in [6.07, 6.45) is 5.25. The van der Waals surface area contributed by atoms with E-state index < -0.39 is 0 Å². The van der Waals surface area contributed by atoms with E-state index in [1.165, 1.54) is 38.3 Å². The number of rotatable bonds is 5. The van der Waals surface area contributed by atoms with E-state index in [9.17, 15) is 4.39 Å². The van der Waals surface area contributed by atoms with Gasteiger partial charge < -0.3 is 5.32 Å². The van der Waals surface area contributed by atoms with E-state index in [4.69, 9.17) is 0 Å². The minimum atomic E-state index is -0.163. The maximum atomic E-state index is 13.5. The Hall–Kier alpha value is -0.450. The maximum Gasteiger partial charge on any atom is 0.137 e. The highest BCUT2D eigenvalue weighted by Gasteiger charge is 2.24. The van der Waals surface area contributed by atoms with Crippen LogP contribution in [-0.2, 0) is 6.54 Å². The van der Waals surface area contributed by atoms with E-state index in [2.05, 4.69) is 26.1 Å². The van der Waals surface area contributed by atoms with Crippen molar-refractivity contribution in [3.8, 4) is 0 Å². The normalized spacial score (nSPS) is 21.3. The predicted octanol–water partition coefficient (Wildman–Crippen LogP) is 3.55. The van der Waals surface area contributed by atoms with Crippen LogP contribution in [0, 0.1) is 11.7 Å². The van der Waals surface area contributed by atoms with E-state index >= 15 is 0 Å². The molecule has 2 nitrogen and oxygen atoms in total. The lowest BCUT2D eigenvalue weighted by Gasteiger charge is -2.32. The molecule has 1 saturated heterocycles. The summed E-state index contributed by atoms with van der Waals surface area (Å²) in [6, 6.07) is 5.98. The molecule has 0 atom stereocenters. The van der Waals surface area contributed by atoms with Gasteiger partial charge in [0.15, 0.2) is 0 Å². The fraction of sp³-hybridized carbons (Fsp3) is 0.625. The highest BCUT2D eigenvalue weighted by Crippen LogP contribution is 2.28. The molecule has 0 unspecified atom stereocenters. The Labute approximate surface area is 128 Å². The van der Waals surface area contributed by atoms with Crippen molar-refractivity contribution < 1.29 is 4.39 Å². The smallest absolute Gasteiger partial charge is 0.137 e. The van der Waals surface area contributed by atoms with Crippen molar-refractivity contribution in [2.45, 2.75) is 38.3 Å². The van der Waals surface area contributed by atoms with Crippen molar-refractivity contribution in [3.05, 3.63) is 34.1 Å². The van der Waals surface area contributed by atoms with Gasteiger partial charge in [0.2, 0.25) is 0 Å². The van der Waals surface area contributed by atoms with Crippen LogP contribution in [0.5, 0.6) is 0 Å². The van der Waals surface area contributed by atoms with Gasteiger partial charge in [-0.25, -0.2) is 4.39 Å². The Balaban J connectivity index is 1.46. The van der Waals surface area contributed by atoms with Crippen molar-refractivity contribution in [2.24, 2.45) is 5.92 Å². The summed E-state index contributed by atoms with van der Waals surface area (Å²) in [4.78, 5) is 2.43.